The van der Waals surface area contributed by atoms with Gasteiger partial charge in [-0.25, -0.2) is 4.79 Å². The highest BCUT2D eigenvalue weighted by Gasteiger charge is 1.86. The Kier molecular flexibility index (Phi) is 2.44. The fourth-order valence-electron chi connectivity index (χ4n) is 0.678. The molecular formula is C9H7O2. The summed E-state index contributed by atoms with van der Waals surface area (Å²) in [5.74, 6) is -0.933. The molecule has 0 aromatic heterocycles. The van der Waals surface area contributed by atoms with Crippen molar-refractivity contribution >= 4 is 12.0 Å². The molecule has 0 fully saturated rings. The summed E-state index contributed by atoms with van der Waals surface area (Å²) in [5.41, 5.74) is 0.867. The van der Waals surface area contributed by atoms with Crippen molar-refractivity contribution in [1.29, 1.82) is 0 Å². The van der Waals surface area contributed by atoms with Crippen LogP contribution < -0.4 is 0 Å². The van der Waals surface area contributed by atoms with Crippen molar-refractivity contribution < 1.29 is 9.90 Å². The van der Waals surface area contributed by atoms with Crippen LogP contribution in [0.15, 0.2) is 30.3 Å². The van der Waals surface area contributed by atoms with Crippen molar-refractivity contribution in [3.63, 3.8) is 0 Å². The first-order valence-electron chi connectivity index (χ1n) is 3.16. The molecule has 55 valence electrons. The maximum absolute atomic E-state index is 10.1. The van der Waals surface area contributed by atoms with Gasteiger partial charge in [-0.05, 0) is 17.7 Å². The van der Waals surface area contributed by atoms with Crippen LogP contribution in [-0.4, -0.2) is 11.1 Å². The van der Waals surface area contributed by atoms with Gasteiger partial charge in [-0.15, -0.1) is 0 Å². The second-order valence-corrected chi connectivity index (χ2v) is 2.00. The maximum Gasteiger partial charge on any atom is 0.328 e. The van der Waals surface area contributed by atoms with Gasteiger partial charge in [-0.3, -0.25) is 0 Å². The van der Waals surface area contributed by atoms with E-state index in [1.54, 1.807) is 24.3 Å². The monoisotopic (exact) mass is 147 g/mol. The van der Waals surface area contributed by atoms with E-state index in [0.29, 0.717) is 0 Å². The molecule has 0 aliphatic carbocycles. The van der Waals surface area contributed by atoms with E-state index in [-0.39, 0.29) is 0 Å². The standard InChI is InChI=1S/C9H7O2/c10-9(11)7-6-8-4-2-1-3-5-8/h2-7H,(H,10,11). The minimum Gasteiger partial charge on any atom is -0.478 e. The fraction of sp³-hybridized carbons (Fsp3) is 0. The maximum atomic E-state index is 10.1. The Morgan fingerprint density at radius 3 is 2.64 bits per heavy atom. The molecule has 1 aromatic rings. The van der Waals surface area contributed by atoms with Crippen LogP contribution in [0.5, 0.6) is 0 Å². The number of rotatable bonds is 2. The molecule has 1 N–H and O–H groups in total. The largest absolute Gasteiger partial charge is 0.478 e. The molecule has 0 saturated heterocycles. The number of hydrogen-bond donors (Lipinski definition) is 1. The lowest BCUT2D eigenvalue weighted by Gasteiger charge is -1.87. The highest BCUT2D eigenvalue weighted by Crippen LogP contribution is 1.99. The van der Waals surface area contributed by atoms with Gasteiger partial charge >= 0.3 is 5.97 Å². The first kappa shape index (κ1) is 7.54. The van der Waals surface area contributed by atoms with Crippen LogP contribution in [0.3, 0.4) is 0 Å². The average molecular weight is 147 g/mol. The Hall–Kier alpha value is -1.57. The topological polar surface area (TPSA) is 37.3 Å². The van der Waals surface area contributed by atoms with Crippen molar-refractivity contribution in [2.24, 2.45) is 0 Å². The third kappa shape index (κ3) is 2.67. The Morgan fingerprint density at radius 1 is 1.45 bits per heavy atom. The number of aliphatic carboxylic acids is 1. The zero-order valence-corrected chi connectivity index (χ0v) is 5.82. The SMILES string of the molecule is O=C(O)C=Cc1cc[c]cc1. The molecule has 0 unspecified atom stereocenters. The Bertz CT molecular complexity index is 262. The molecule has 0 aliphatic heterocycles. The highest BCUT2D eigenvalue weighted by atomic mass is 16.4. The summed E-state index contributed by atoms with van der Waals surface area (Å²) >= 11 is 0. The first-order valence-corrected chi connectivity index (χ1v) is 3.16. The Balaban J connectivity index is 2.72. The smallest absolute Gasteiger partial charge is 0.328 e. The van der Waals surface area contributed by atoms with Gasteiger partial charge in [0.25, 0.3) is 0 Å². The van der Waals surface area contributed by atoms with E-state index in [2.05, 4.69) is 6.07 Å². The molecule has 0 atom stereocenters. The van der Waals surface area contributed by atoms with E-state index in [9.17, 15) is 4.79 Å². The molecule has 1 aromatic carbocycles. The lowest BCUT2D eigenvalue weighted by molar-refractivity contribution is -0.131. The molecule has 2 nitrogen and oxygen atoms in total. The second kappa shape index (κ2) is 3.56. The van der Waals surface area contributed by atoms with Crippen LogP contribution in [0.4, 0.5) is 0 Å². The van der Waals surface area contributed by atoms with Crippen molar-refractivity contribution in [1.82, 2.24) is 0 Å². The number of carboxylic acid groups (broad SMARTS) is 1. The number of benzene rings is 1. The third-order valence-electron chi connectivity index (χ3n) is 1.16. The van der Waals surface area contributed by atoms with Crippen molar-refractivity contribution in [2.75, 3.05) is 0 Å². The summed E-state index contributed by atoms with van der Waals surface area (Å²) in [6, 6.07) is 9.90. The molecule has 0 saturated carbocycles. The first-order chi connectivity index (χ1) is 5.29. The van der Waals surface area contributed by atoms with Crippen LogP contribution in [-0.2, 0) is 4.79 Å². The summed E-state index contributed by atoms with van der Waals surface area (Å²) in [4.78, 5) is 10.1. The van der Waals surface area contributed by atoms with Gasteiger partial charge in [-0.2, -0.15) is 0 Å². The number of hydrogen-bond acceptors (Lipinski definition) is 1. The van der Waals surface area contributed by atoms with Crippen molar-refractivity contribution in [2.45, 2.75) is 0 Å². The van der Waals surface area contributed by atoms with Crippen LogP contribution in [0, 0.1) is 6.07 Å². The average Bonchev–Trinajstić information content (AvgIpc) is 2.03. The molecule has 0 amide bonds. The van der Waals surface area contributed by atoms with Crippen molar-refractivity contribution in [3.05, 3.63) is 42.0 Å². The summed E-state index contributed by atoms with van der Waals surface area (Å²) in [5, 5.41) is 8.28. The molecule has 1 radical (unpaired) electrons. The van der Waals surface area contributed by atoms with Crippen LogP contribution in [0.2, 0.25) is 0 Å². The van der Waals surface area contributed by atoms with Gasteiger partial charge in [0, 0.05) is 6.08 Å². The molecule has 0 bridgehead atoms. The zero-order valence-electron chi connectivity index (χ0n) is 5.82. The van der Waals surface area contributed by atoms with Gasteiger partial charge < -0.3 is 5.11 Å². The van der Waals surface area contributed by atoms with Gasteiger partial charge in [0.05, 0.1) is 0 Å². The van der Waals surface area contributed by atoms with Crippen LogP contribution in [0.1, 0.15) is 5.56 Å². The lowest BCUT2D eigenvalue weighted by Crippen LogP contribution is -1.85. The Labute approximate surface area is 64.8 Å². The van der Waals surface area contributed by atoms with Gasteiger partial charge in [0.15, 0.2) is 0 Å². The normalized spacial score (nSPS) is 10.2. The van der Waals surface area contributed by atoms with E-state index in [1.165, 1.54) is 6.08 Å². The summed E-state index contributed by atoms with van der Waals surface area (Å²) in [7, 11) is 0. The van der Waals surface area contributed by atoms with E-state index in [4.69, 9.17) is 5.11 Å². The number of carboxylic acids is 1. The summed E-state index contributed by atoms with van der Waals surface area (Å²) in [6.07, 6.45) is 2.64. The van der Waals surface area contributed by atoms with Gasteiger partial charge in [-0.1, -0.05) is 24.3 Å². The molecule has 11 heavy (non-hydrogen) atoms. The van der Waals surface area contributed by atoms with E-state index in [0.717, 1.165) is 11.6 Å². The van der Waals surface area contributed by atoms with Crippen LogP contribution >= 0.6 is 0 Å². The van der Waals surface area contributed by atoms with Crippen LogP contribution in [0.25, 0.3) is 6.08 Å². The summed E-state index contributed by atoms with van der Waals surface area (Å²) < 4.78 is 0. The molecule has 0 heterocycles. The fourth-order valence-corrected chi connectivity index (χ4v) is 0.678. The quantitative estimate of drug-likeness (QED) is 0.645. The minimum absolute atomic E-state index is 0.867. The molecular weight excluding hydrogens is 140 g/mol. The molecule has 0 aliphatic rings. The second-order valence-electron chi connectivity index (χ2n) is 2.00. The minimum atomic E-state index is -0.933. The summed E-state index contributed by atoms with van der Waals surface area (Å²) in [6.45, 7) is 0. The highest BCUT2D eigenvalue weighted by molar-refractivity contribution is 5.85. The molecule has 0 spiro atoms. The molecule has 1 rings (SSSR count). The van der Waals surface area contributed by atoms with E-state index >= 15 is 0 Å². The van der Waals surface area contributed by atoms with Gasteiger partial charge in [0.2, 0.25) is 0 Å². The van der Waals surface area contributed by atoms with E-state index in [1.807, 2.05) is 0 Å². The van der Waals surface area contributed by atoms with Crippen molar-refractivity contribution in [3.8, 4) is 0 Å². The Morgan fingerprint density at radius 2 is 2.09 bits per heavy atom. The third-order valence-corrected chi connectivity index (χ3v) is 1.16. The number of carbonyl (C=O) groups is 1. The molecule has 2 heteroatoms. The van der Waals surface area contributed by atoms with Gasteiger partial charge in [0.1, 0.15) is 0 Å². The zero-order chi connectivity index (χ0) is 8.10. The predicted octanol–water partition coefficient (Wildman–Crippen LogP) is 1.58. The van der Waals surface area contributed by atoms with E-state index < -0.39 is 5.97 Å². The predicted molar refractivity (Wildman–Crippen MR) is 41.9 cm³/mol. The lowest BCUT2D eigenvalue weighted by atomic mass is 10.2.